The van der Waals surface area contributed by atoms with E-state index in [1.54, 1.807) is 48.5 Å². The van der Waals surface area contributed by atoms with Gasteiger partial charge in [-0.15, -0.1) is 0 Å². The molecule has 0 bridgehead atoms. The number of nitrogens with one attached hydrogen (secondary N) is 1. The van der Waals surface area contributed by atoms with Gasteiger partial charge in [0.15, 0.2) is 0 Å². The molecule has 1 heterocycles. The van der Waals surface area contributed by atoms with Gasteiger partial charge in [0.05, 0.1) is 22.1 Å². The maximum Gasteiger partial charge on any atom is 0.417 e. The molecule has 1 aliphatic rings. The van der Waals surface area contributed by atoms with Crippen molar-refractivity contribution < 1.29 is 40.7 Å². The van der Waals surface area contributed by atoms with Crippen LogP contribution in [0.3, 0.4) is 0 Å². The normalized spacial score (nSPS) is 15.6. The zero-order valence-electron chi connectivity index (χ0n) is 25.7. The van der Waals surface area contributed by atoms with Crippen molar-refractivity contribution in [2.24, 2.45) is 11.7 Å². The average molecular weight is 695 g/mol. The van der Waals surface area contributed by atoms with E-state index in [-0.39, 0.29) is 42.9 Å². The summed E-state index contributed by atoms with van der Waals surface area (Å²) in [5, 5.41) is 23.8. The number of hydrogen-bond donors (Lipinski definition) is 3. The van der Waals surface area contributed by atoms with Gasteiger partial charge in [-0.25, -0.2) is 12.8 Å². The number of halogens is 4. The van der Waals surface area contributed by atoms with Crippen molar-refractivity contribution in [1.29, 1.82) is 5.26 Å². The van der Waals surface area contributed by atoms with Crippen LogP contribution in [0.15, 0.2) is 95.9 Å². The first-order chi connectivity index (χ1) is 23.1. The van der Waals surface area contributed by atoms with Gasteiger partial charge in [0.25, 0.3) is 5.91 Å². The van der Waals surface area contributed by atoms with E-state index in [4.69, 9.17) is 11.0 Å². The molecular formula is C35H30F4N4O5S. The molecule has 14 heteroatoms. The summed E-state index contributed by atoms with van der Waals surface area (Å²) in [7, 11) is -4.02. The summed E-state index contributed by atoms with van der Waals surface area (Å²) in [6.07, 6.45) is -5.15. The number of anilines is 1. The number of amides is 2. The summed E-state index contributed by atoms with van der Waals surface area (Å²) in [4.78, 5) is 25.3. The third-order valence-electron chi connectivity index (χ3n) is 8.58. The molecule has 1 saturated heterocycles. The minimum atomic E-state index is -4.89. The number of alkyl halides is 3. The summed E-state index contributed by atoms with van der Waals surface area (Å²) >= 11 is 0. The van der Waals surface area contributed by atoms with E-state index in [2.05, 4.69) is 5.32 Å². The van der Waals surface area contributed by atoms with E-state index >= 15 is 0 Å². The minimum Gasteiger partial charge on any atom is -0.379 e. The number of sulfonamides is 1. The summed E-state index contributed by atoms with van der Waals surface area (Å²) in [5.74, 6) is -3.06. The molecule has 1 aliphatic heterocycles. The Hall–Kier alpha value is -5.10. The van der Waals surface area contributed by atoms with Crippen LogP contribution < -0.4 is 11.1 Å². The molecule has 0 aromatic heterocycles. The highest BCUT2D eigenvalue weighted by Crippen LogP contribution is 2.37. The summed E-state index contributed by atoms with van der Waals surface area (Å²) in [6, 6.07) is 21.8. The van der Waals surface area contributed by atoms with Gasteiger partial charge in [-0.3, -0.25) is 9.59 Å². The third kappa shape index (κ3) is 7.64. The van der Waals surface area contributed by atoms with E-state index in [1.165, 1.54) is 10.4 Å². The Balaban J connectivity index is 1.45. The monoisotopic (exact) mass is 694 g/mol. The topological polar surface area (TPSA) is 154 Å². The number of primary amides is 1. The molecule has 1 fully saturated rings. The number of nitriles is 1. The van der Waals surface area contributed by atoms with Crippen LogP contribution in [0.4, 0.5) is 23.2 Å². The van der Waals surface area contributed by atoms with Gasteiger partial charge in [-0.1, -0.05) is 36.4 Å². The first kappa shape index (κ1) is 35.2. The largest absolute Gasteiger partial charge is 0.417 e. The molecule has 254 valence electrons. The number of nitrogens with two attached hydrogens (primary N) is 1. The molecule has 4 N–H and O–H groups in total. The van der Waals surface area contributed by atoms with Crippen LogP contribution in [0.1, 0.15) is 39.9 Å². The van der Waals surface area contributed by atoms with Crippen LogP contribution in [-0.2, 0) is 27.4 Å². The highest BCUT2D eigenvalue weighted by Gasteiger charge is 2.46. The lowest BCUT2D eigenvalue weighted by Crippen LogP contribution is -2.54. The number of hydrogen-bond acceptors (Lipinski definition) is 6. The standard InChI is InChI=1S/C35H30F4N4O5S/c36-28-9-12-30(13-10-28)49(47,48)43-16-14-27(15-17-43)34(46,33(45)42-29-11-8-26(21-40)31(19-29)35(37,38)39)20-22-2-1-3-25(18-22)23-4-6-24(7-5-23)32(41)44/h1-13,18-19,27,46H,14-17,20H2,(H2,41,44)(H,42,45). The van der Waals surface area contributed by atoms with Crippen molar-refractivity contribution in [2.75, 3.05) is 18.4 Å². The van der Waals surface area contributed by atoms with Crippen LogP contribution in [0.2, 0.25) is 0 Å². The second-order valence-corrected chi connectivity index (χ2v) is 13.6. The van der Waals surface area contributed by atoms with Crippen molar-refractivity contribution >= 4 is 27.5 Å². The number of nitrogens with zero attached hydrogens (tertiary/aromatic N) is 2. The van der Waals surface area contributed by atoms with Crippen molar-refractivity contribution in [3.8, 4) is 17.2 Å². The van der Waals surface area contributed by atoms with Gasteiger partial charge in [0, 0.05) is 30.8 Å². The molecule has 9 nitrogen and oxygen atoms in total. The average Bonchev–Trinajstić information content (AvgIpc) is 3.08. The summed E-state index contributed by atoms with van der Waals surface area (Å²) < 4.78 is 82.1. The zero-order chi connectivity index (χ0) is 35.6. The van der Waals surface area contributed by atoms with Crippen LogP contribution in [-0.4, -0.2) is 48.3 Å². The van der Waals surface area contributed by atoms with Gasteiger partial charge in [-0.05, 0) is 90.0 Å². The summed E-state index contributed by atoms with van der Waals surface area (Å²) in [6.45, 7) is -0.192. The Morgan fingerprint density at radius 3 is 2.18 bits per heavy atom. The van der Waals surface area contributed by atoms with Gasteiger partial charge in [0.1, 0.15) is 11.4 Å². The first-order valence-electron chi connectivity index (χ1n) is 15.0. The number of carbonyl (C=O) groups excluding carboxylic acids is 2. The number of benzene rings is 4. The van der Waals surface area contributed by atoms with Crippen molar-refractivity contribution in [3.63, 3.8) is 0 Å². The molecule has 4 aromatic rings. The SMILES string of the molecule is N#Cc1ccc(NC(=O)C(O)(Cc2cccc(-c3ccc(C(N)=O)cc3)c2)C2CCN(S(=O)(=O)c3ccc(F)cc3)CC2)cc1C(F)(F)F. The molecule has 5 rings (SSSR count). The van der Waals surface area contributed by atoms with Crippen molar-refractivity contribution in [2.45, 2.75) is 35.9 Å². The fourth-order valence-corrected chi connectivity index (χ4v) is 7.40. The quantitative estimate of drug-likeness (QED) is 0.197. The fourth-order valence-electron chi connectivity index (χ4n) is 5.93. The number of rotatable bonds is 9. The number of piperidine rings is 1. The highest BCUT2D eigenvalue weighted by molar-refractivity contribution is 7.89. The fraction of sp³-hybridized carbons (Fsp3) is 0.229. The minimum absolute atomic E-state index is 0.0137. The Kier molecular flexibility index (Phi) is 9.91. The lowest BCUT2D eigenvalue weighted by atomic mass is 9.76. The summed E-state index contributed by atoms with van der Waals surface area (Å²) in [5.41, 5.74) is 3.09. The lowest BCUT2D eigenvalue weighted by molar-refractivity contribution is -0.142. The van der Waals surface area contributed by atoms with Gasteiger partial charge < -0.3 is 16.2 Å². The van der Waals surface area contributed by atoms with Crippen LogP contribution in [0.25, 0.3) is 11.1 Å². The second kappa shape index (κ2) is 13.8. The zero-order valence-corrected chi connectivity index (χ0v) is 26.6. The number of carbonyl (C=O) groups is 2. The first-order valence-corrected chi connectivity index (χ1v) is 16.5. The third-order valence-corrected chi connectivity index (χ3v) is 10.5. The molecule has 0 spiro atoms. The molecule has 0 radical (unpaired) electrons. The maximum atomic E-state index is 13.9. The lowest BCUT2D eigenvalue weighted by Gasteiger charge is -2.40. The Morgan fingerprint density at radius 2 is 1.59 bits per heavy atom. The molecule has 4 aromatic carbocycles. The Bertz CT molecular complexity index is 2020. The molecular weight excluding hydrogens is 664 g/mol. The Morgan fingerprint density at radius 1 is 0.939 bits per heavy atom. The molecule has 0 aliphatic carbocycles. The van der Waals surface area contributed by atoms with E-state index in [0.717, 1.165) is 36.4 Å². The number of aliphatic hydroxyl groups is 1. The smallest absolute Gasteiger partial charge is 0.379 e. The van der Waals surface area contributed by atoms with E-state index in [1.807, 2.05) is 0 Å². The van der Waals surface area contributed by atoms with Crippen LogP contribution in [0, 0.1) is 23.1 Å². The highest BCUT2D eigenvalue weighted by atomic mass is 32.2. The molecule has 0 saturated carbocycles. The molecule has 2 amide bonds. The van der Waals surface area contributed by atoms with Gasteiger partial charge in [-0.2, -0.15) is 22.7 Å². The molecule has 49 heavy (non-hydrogen) atoms. The Labute approximate surface area is 279 Å². The van der Waals surface area contributed by atoms with Crippen LogP contribution in [0.5, 0.6) is 0 Å². The van der Waals surface area contributed by atoms with E-state index in [9.17, 15) is 40.7 Å². The second-order valence-electron chi connectivity index (χ2n) is 11.7. The van der Waals surface area contributed by atoms with Crippen LogP contribution >= 0.6 is 0 Å². The van der Waals surface area contributed by atoms with Gasteiger partial charge >= 0.3 is 6.18 Å². The maximum absolute atomic E-state index is 13.9. The predicted molar refractivity (Wildman–Crippen MR) is 172 cm³/mol. The molecule has 1 unspecified atom stereocenters. The van der Waals surface area contributed by atoms with Gasteiger partial charge in [0.2, 0.25) is 15.9 Å². The molecule has 1 atom stereocenters. The van der Waals surface area contributed by atoms with E-state index < -0.39 is 56.5 Å². The van der Waals surface area contributed by atoms with E-state index in [0.29, 0.717) is 28.3 Å². The predicted octanol–water partition coefficient (Wildman–Crippen LogP) is 5.50. The van der Waals surface area contributed by atoms with Crippen molar-refractivity contribution in [3.05, 3.63) is 119 Å². The van der Waals surface area contributed by atoms with Crippen molar-refractivity contribution in [1.82, 2.24) is 4.31 Å².